The Bertz CT molecular complexity index is 531. The second kappa shape index (κ2) is 4.24. The highest BCUT2D eigenvalue weighted by atomic mass is 35.5. The lowest BCUT2D eigenvalue weighted by Gasteiger charge is -2.01. The zero-order valence-electron chi connectivity index (χ0n) is 7.96. The minimum absolute atomic E-state index is 0.0736. The fourth-order valence-corrected chi connectivity index (χ4v) is 1.36. The highest BCUT2D eigenvalue weighted by Crippen LogP contribution is 2.19. The fraction of sp³-hybridized carbons (Fsp3) is 0. The molecule has 5 nitrogen and oxygen atoms in total. The van der Waals surface area contributed by atoms with Crippen molar-refractivity contribution in [3.8, 4) is 11.3 Å². The van der Waals surface area contributed by atoms with Crippen LogP contribution in [0.5, 0.6) is 0 Å². The molecule has 0 aliphatic carbocycles. The summed E-state index contributed by atoms with van der Waals surface area (Å²) in [5, 5.41) is 16.1. The number of halogens is 1. The number of hydrogen-bond donors (Lipinski definition) is 1. The summed E-state index contributed by atoms with van der Waals surface area (Å²) < 4.78 is 0. The predicted molar refractivity (Wildman–Crippen MR) is 57.2 cm³/mol. The Labute approximate surface area is 95.7 Å². The molecule has 1 N–H and O–H groups in total. The highest BCUT2D eigenvalue weighted by molar-refractivity contribution is 6.32. The quantitative estimate of drug-likeness (QED) is 0.860. The van der Waals surface area contributed by atoms with Gasteiger partial charge in [-0.1, -0.05) is 11.6 Å². The van der Waals surface area contributed by atoms with Crippen LogP contribution in [0.25, 0.3) is 11.3 Å². The number of nitrogens with zero attached hydrogens (tertiary/aromatic N) is 3. The summed E-state index contributed by atoms with van der Waals surface area (Å²) >= 11 is 5.61. The van der Waals surface area contributed by atoms with Gasteiger partial charge in [0.15, 0.2) is 5.15 Å². The van der Waals surface area contributed by atoms with Crippen molar-refractivity contribution < 1.29 is 9.90 Å². The molecule has 6 heteroatoms. The van der Waals surface area contributed by atoms with Crippen molar-refractivity contribution in [3.05, 3.63) is 41.3 Å². The van der Waals surface area contributed by atoms with Gasteiger partial charge in [-0.2, -0.15) is 0 Å². The van der Waals surface area contributed by atoms with Crippen LogP contribution in [0.3, 0.4) is 0 Å². The summed E-state index contributed by atoms with van der Waals surface area (Å²) in [6, 6.07) is 4.86. The molecule has 16 heavy (non-hydrogen) atoms. The topological polar surface area (TPSA) is 76.0 Å². The molecule has 2 aromatic heterocycles. The molecule has 0 spiro atoms. The van der Waals surface area contributed by atoms with E-state index < -0.39 is 5.97 Å². The number of aromatic nitrogens is 3. The fourth-order valence-electron chi connectivity index (χ4n) is 1.18. The normalized spacial score (nSPS) is 10.1. The number of pyridine rings is 1. The van der Waals surface area contributed by atoms with E-state index in [-0.39, 0.29) is 10.7 Å². The van der Waals surface area contributed by atoms with E-state index in [2.05, 4.69) is 15.2 Å². The van der Waals surface area contributed by atoms with Gasteiger partial charge in [-0.05, 0) is 18.2 Å². The van der Waals surface area contributed by atoms with Crippen molar-refractivity contribution in [3.63, 3.8) is 0 Å². The van der Waals surface area contributed by atoms with E-state index in [0.29, 0.717) is 11.3 Å². The van der Waals surface area contributed by atoms with Crippen molar-refractivity contribution in [2.75, 3.05) is 0 Å². The van der Waals surface area contributed by atoms with Gasteiger partial charge in [-0.15, -0.1) is 10.2 Å². The number of rotatable bonds is 2. The van der Waals surface area contributed by atoms with Crippen LogP contribution in [-0.2, 0) is 0 Å². The zero-order chi connectivity index (χ0) is 11.5. The average Bonchev–Trinajstić information content (AvgIpc) is 2.30. The van der Waals surface area contributed by atoms with Crippen molar-refractivity contribution in [1.82, 2.24) is 15.2 Å². The predicted octanol–water partition coefficient (Wildman–Crippen LogP) is 1.89. The summed E-state index contributed by atoms with van der Waals surface area (Å²) in [5.74, 6) is -1.13. The maximum absolute atomic E-state index is 10.8. The number of aromatic carboxylic acids is 1. The maximum atomic E-state index is 10.8. The van der Waals surface area contributed by atoms with E-state index in [0.717, 1.165) is 0 Å². The van der Waals surface area contributed by atoms with E-state index in [4.69, 9.17) is 16.7 Å². The Kier molecular flexibility index (Phi) is 2.78. The number of carbonyl (C=O) groups is 1. The molecule has 0 radical (unpaired) electrons. The molecule has 0 aliphatic heterocycles. The first-order chi connectivity index (χ1) is 7.68. The monoisotopic (exact) mass is 235 g/mol. The minimum atomic E-state index is -1.13. The number of carboxylic acid groups (broad SMARTS) is 1. The Morgan fingerprint density at radius 2 is 2.19 bits per heavy atom. The van der Waals surface area contributed by atoms with Crippen LogP contribution in [0.4, 0.5) is 0 Å². The molecule has 80 valence electrons. The van der Waals surface area contributed by atoms with E-state index in [1.807, 2.05) is 0 Å². The Morgan fingerprint density at radius 1 is 1.38 bits per heavy atom. The van der Waals surface area contributed by atoms with Gasteiger partial charge in [-0.3, -0.25) is 4.98 Å². The van der Waals surface area contributed by atoms with Gasteiger partial charge in [-0.25, -0.2) is 4.79 Å². The molecule has 0 saturated carbocycles. The van der Waals surface area contributed by atoms with E-state index in [9.17, 15) is 4.79 Å². The van der Waals surface area contributed by atoms with Crippen molar-refractivity contribution in [2.45, 2.75) is 0 Å². The van der Waals surface area contributed by atoms with Crippen LogP contribution in [0.15, 0.2) is 30.6 Å². The molecule has 0 unspecified atom stereocenters. The lowest BCUT2D eigenvalue weighted by molar-refractivity contribution is 0.0696. The molecular weight excluding hydrogens is 230 g/mol. The van der Waals surface area contributed by atoms with Crippen molar-refractivity contribution in [1.29, 1.82) is 0 Å². The van der Waals surface area contributed by atoms with Gasteiger partial charge in [0.2, 0.25) is 0 Å². The second-order valence-electron chi connectivity index (χ2n) is 2.98. The van der Waals surface area contributed by atoms with Crippen LogP contribution in [0.2, 0.25) is 5.15 Å². The van der Waals surface area contributed by atoms with E-state index in [1.165, 1.54) is 6.07 Å². The zero-order valence-corrected chi connectivity index (χ0v) is 8.72. The smallest absolute Gasteiger partial charge is 0.338 e. The summed E-state index contributed by atoms with van der Waals surface area (Å²) in [6.07, 6.45) is 3.19. The molecule has 0 bridgehead atoms. The first-order valence-corrected chi connectivity index (χ1v) is 4.73. The third-order valence-electron chi connectivity index (χ3n) is 1.94. The van der Waals surface area contributed by atoms with Gasteiger partial charge in [0.25, 0.3) is 0 Å². The van der Waals surface area contributed by atoms with E-state index in [1.54, 1.807) is 24.5 Å². The Balaban J connectivity index is 2.52. The van der Waals surface area contributed by atoms with Gasteiger partial charge in [0.05, 0.1) is 5.69 Å². The first-order valence-electron chi connectivity index (χ1n) is 4.35. The first kappa shape index (κ1) is 10.5. The summed E-state index contributed by atoms with van der Waals surface area (Å²) in [5.41, 5.74) is 1.04. The second-order valence-corrected chi connectivity index (χ2v) is 3.34. The van der Waals surface area contributed by atoms with Gasteiger partial charge >= 0.3 is 5.97 Å². The lowest BCUT2D eigenvalue weighted by Crippen LogP contribution is -2.01. The summed E-state index contributed by atoms with van der Waals surface area (Å²) in [4.78, 5) is 14.7. The minimum Gasteiger partial charge on any atom is -0.478 e. The number of hydrogen-bond acceptors (Lipinski definition) is 4. The number of carboxylic acids is 1. The lowest BCUT2D eigenvalue weighted by atomic mass is 10.1. The van der Waals surface area contributed by atoms with Crippen LogP contribution in [0, 0.1) is 0 Å². The van der Waals surface area contributed by atoms with Crippen LogP contribution in [0.1, 0.15) is 10.4 Å². The molecular formula is C10H6ClN3O2. The summed E-state index contributed by atoms with van der Waals surface area (Å²) in [7, 11) is 0. The highest BCUT2D eigenvalue weighted by Gasteiger charge is 2.12. The van der Waals surface area contributed by atoms with Gasteiger partial charge in [0, 0.05) is 18.0 Å². The largest absolute Gasteiger partial charge is 0.478 e. The Morgan fingerprint density at radius 3 is 2.81 bits per heavy atom. The third kappa shape index (κ3) is 1.99. The third-order valence-corrected chi connectivity index (χ3v) is 2.22. The summed E-state index contributed by atoms with van der Waals surface area (Å²) in [6.45, 7) is 0. The molecule has 2 rings (SSSR count). The average molecular weight is 236 g/mol. The van der Waals surface area contributed by atoms with Gasteiger partial charge in [0.1, 0.15) is 5.56 Å². The van der Waals surface area contributed by atoms with Crippen LogP contribution >= 0.6 is 11.6 Å². The molecule has 2 heterocycles. The van der Waals surface area contributed by atoms with Crippen molar-refractivity contribution in [2.24, 2.45) is 0 Å². The van der Waals surface area contributed by atoms with Crippen molar-refractivity contribution >= 4 is 17.6 Å². The van der Waals surface area contributed by atoms with Gasteiger partial charge < -0.3 is 5.11 Å². The maximum Gasteiger partial charge on any atom is 0.338 e. The molecule has 0 aliphatic rings. The Hall–Kier alpha value is -2.01. The molecule has 0 saturated heterocycles. The van der Waals surface area contributed by atoms with Crippen LogP contribution < -0.4 is 0 Å². The standard InChI is InChI=1S/C10H6ClN3O2/c11-9-7(10(15)16)4-8(13-14-9)6-2-1-3-12-5-6/h1-5H,(H,15,16). The molecule has 0 fully saturated rings. The molecule has 0 aromatic carbocycles. The van der Waals surface area contributed by atoms with Crippen LogP contribution in [-0.4, -0.2) is 26.3 Å². The van der Waals surface area contributed by atoms with E-state index >= 15 is 0 Å². The SMILES string of the molecule is O=C(O)c1cc(-c2cccnc2)nnc1Cl. The molecule has 2 aromatic rings. The molecule has 0 atom stereocenters. The molecule has 0 amide bonds.